The highest BCUT2D eigenvalue weighted by Crippen LogP contribution is 2.40. The van der Waals surface area contributed by atoms with Gasteiger partial charge >= 0.3 is 0 Å². The number of aliphatic hydroxyl groups excluding tert-OH is 1. The predicted octanol–water partition coefficient (Wildman–Crippen LogP) is 4.25. The van der Waals surface area contributed by atoms with E-state index < -0.39 is 6.04 Å². The lowest BCUT2D eigenvalue weighted by Gasteiger charge is -2.33. The van der Waals surface area contributed by atoms with Gasteiger partial charge in [-0.2, -0.15) is 0 Å². The molecule has 0 aromatic heterocycles. The Morgan fingerprint density at radius 3 is 2.49 bits per heavy atom. The number of benzene rings is 3. The highest BCUT2D eigenvalue weighted by atomic mass is 16.5. The lowest BCUT2D eigenvalue weighted by atomic mass is 9.92. The van der Waals surface area contributed by atoms with Crippen molar-refractivity contribution < 1.29 is 24.1 Å². The van der Waals surface area contributed by atoms with Gasteiger partial charge in [-0.1, -0.05) is 42.5 Å². The number of fused-ring (bicyclic) bond motifs is 1. The Labute approximate surface area is 206 Å². The molecule has 3 aromatic carbocycles. The van der Waals surface area contributed by atoms with Gasteiger partial charge in [-0.05, 0) is 49.6 Å². The predicted molar refractivity (Wildman–Crippen MR) is 135 cm³/mol. The van der Waals surface area contributed by atoms with E-state index in [1.54, 1.807) is 13.2 Å². The van der Waals surface area contributed by atoms with Crippen LogP contribution in [0.2, 0.25) is 0 Å². The molecule has 0 saturated heterocycles. The van der Waals surface area contributed by atoms with Crippen LogP contribution in [0, 0.1) is 0 Å². The molecule has 7 nitrogen and oxygen atoms in total. The Kier molecular flexibility index (Phi) is 7.58. The molecule has 1 amide bonds. The van der Waals surface area contributed by atoms with E-state index in [-0.39, 0.29) is 24.7 Å². The fourth-order valence-electron chi connectivity index (χ4n) is 4.28. The Hall–Kier alpha value is -3.55. The number of amides is 1. The average Bonchev–Trinajstić information content (AvgIpc) is 2.86. The highest BCUT2D eigenvalue weighted by Gasteiger charge is 2.29. The molecule has 4 rings (SSSR count). The molecule has 1 aliphatic rings. The number of anilines is 1. The zero-order valence-corrected chi connectivity index (χ0v) is 20.3. The summed E-state index contributed by atoms with van der Waals surface area (Å²) < 4.78 is 17.1. The van der Waals surface area contributed by atoms with Crippen molar-refractivity contribution in [2.45, 2.75) is 38.5 Å². The van der Waals surface area contributed by atoms with Crippen molar-refractivity contribution in [3.8, 4) is 17.2 Å². The third-order valence-electron chi connectivity index (χ3n) is 5.89. The van der Waals surface area contributed by atoms with E-state index in [4.69, 9.17) is 14.2 Å². The normalized spacial score (nSPS) is 13.9. The van der Waals surface area contributed by atoms with Crippen LogP contribution in [0.4, 0.5) is 5.69 Å². The average molecular weight is 477 g/mol. The first-order valence-corrected chi connectivity index (χ1v) is 11.7. The maximum absolute atomic E-state index is 12.0. The van der Waals surface area contributed by atoms with Gasteiger partial charge in [0.15, 0.2) is 6.61 Å². The van der Waals surface area contributed by atoms with E-state index in [1.165, 1.54) is 0 Å². The molecular weight excluding hydrogens is 444 g/mol. The maximum atomic E-state index is 12.0. The monoisotopic (exact) mass is 476 g/mol. The molecule has 3 aromatic rings. The van der Waals surface area contributed by atoms with Crippen LogP contribution < -0.4 is 24.8 Å². The van der Waals surface area contributed by atoms with Crippen molar-refractivity contribution in [3.05, 3.63) is 83.4 Å². The highest BCUT2D eigenvalue weighted by molar-refractivity contribution is 5.96. The minimum Gasteiger partial charge on any atom is -0.497 e. The van der Waals surface area contributed by atoms with Crippen LogP contribution >= 0.6 is 0 Å². The van der Waals surface area contributed by atoms with Crippen LogP contribution in [0.5, 0.6) is 17.2 Å². The van der Waals surface area contributed by atoms with Crippen LogP contribution in [0.1, 0.15) is 36.6 Å². The Bertz CT molecular complexity index is 1150. The van der Waals surface area contributed by atoms with Crippen molar-refractivity contribution in [1.82, 2.24) is 5.32 Å². The molecule has 0 radical (unpaired) electrons. The minimum atomic E-state index is -0.438. The van der Waals surface area contributed by atoms with Gasteiger partial charge in [0.05, 0.1) is 25.4 Å². The number of rotatable bonds is 10. The molecule has 184 valence electrons. The lowest BCUT2D eigenvalue weighted by Crippen LogP contribution is -2.45. The number of aliphatic hydroxyl groups is 1. The molecule has 1 atom stereocenters. The summed E-state index contributed by atoms with van der Waals surface area (Å²) in [4.78, 5) is 12.0. The van der Waals surface area contributed by atoms with Crippen molar-refractivity contribution in [2.24, 2.45) is 0 Å². The van der Waals surface area contributed by atoms with E-state index in [9.17, 15) is 9.90 Å². The Morgan fingerprint density at radius 2 is 1.80 bits per heavy atom. The second-order valence-corrected chi connectivity index (χ2v) is 9.29. The van der Waals surface area contributed by atoms with Crippen molar-refractivity contribution in [3.63, 3.8) is 0 Å². The van der Waals surface area contributed by atoms with Crippen molar-refractivity contribution in [1.29, 1.82) is 0 Å². The quantitative estimate of drug-likeness (QED) is 0.405. The first kappa shape index (κ1) is 24.6. The van der Waals surface area contributed by atoms with Crippen LogP contribution in [-0.2, 0) is 17.8 Å². The number of hydrogen-bond donors (Lipinski definition) is 3. The molecular formula is C28H32N2O5. The molecule has 0 aliphatic carbocycles. The maximum Gasteiger partial charge on any atom is 0.262 e. The standard InChI is InChI=1S/C28H32N2O5/c1-28(2,15-19-9-11-21(33-3)12-10-19)30-25(16-31)23-13-22(34-17-20-7-5-4-6-8-20)14-24-27(23)35-18-26(32)29-24/h4-14,25,30-31H,15-18H2,1-3H3,(H,29,32). The zero-order valence-electron chi connectivity index (χ0n) is 20.3. The first-order chi connectivity index (χ1) is 16.9. The molecule has 7 heteroatoms. The van der Waals surface area contributed by atoms with E-state index in [1.807, 2.05) is 60.7 Å². The van der Waals surface area contributed by atoms with E-state index >= 15 is 0 Å². The van der Waals surface area contributed by atoms with Gasteiger partial charge < -0.3 is 30.0 Å². The summed E-state index contributed by atoms with van der Waals surface area (Å²) >= 11 is 0. The Balaban J connectivity index is 1.58. The van der Waals surface area contributed by atoms with Crippen LogP contribution in [0.25, 0.3) is 0 Å². The van der Waals surface area contributed by atoms with Gasteiger partial charge in [0.1, 0.15) is 23.9 Å². The van der Waals surface area contributed by atoms with Gasteiger partial charge in [-0.3, -0.25) is 4.79 Å². The summed E-state index contributed by atoms with van der Waals surface area (Å²) in [6.07, 6.45) is 0.734. The van der Waals surface area contributed by atoms with Crippen LogP contribution in [0.15, 0.2) is 66.7 Å². The summed E-state index contributed by atoms with van der Waals surface area (Å²) in [7, 11) is 1.65. The topological polar surface area (TPSA) is 89.1 Å². The molecule has 0 fully saturated rings. The largest absolute Gasteiger partial charge is 0.497 e. The summed E-state index contributed by atoms with van der Waals surface area (Å²) in [6.45, 7) is 4.33. The van der Waals surface area contributed by atoms with Gasteiger partial charge in [-0.15, -0.1) is 0 Å². The molecule has 1 unspecified atom stereocenters. The molecule has 3 N–H and O–H groups in total. The Morgan fingerprint density at radius 1 is 1.06 bits per heavy atom. The van der Waals surface area contributed by atoms with Gasteiger partial charge in [0.25, 0.3) is 5.91 Å². The number of carbonyl (C=O) groups is 1. The van der Waals surface area contributed by atoms with Crippen LogP contribution in [0.3, 0.4) is 0 Å². The number of nitrogens with one attached hydrogen (secondary N) is 2. The number of methoxy groups -OCH3 is 1. The van der Waals surface area contributed by atoms with Gasteiger partial charge in [0.2, 0.25) is 0 Å². The minimum absolute atomic E-state index is 0.0718. The molecule has 1 heterocycles. The second kappa shape index (κ2) is 10.8. The van der Waals surface area contributed by atoms with Gasteiger partial charge in [0, 0.05) is 17.2 Å². The summed E-state index contributed by atoms with van der Waals surface area (Å²) in [5, 5.41) is 16.8. The lowest BCUT2D eigenvalue weighted by molar-refractivity contribution is -0.118. The van der Waals surface area contributed by atoms with E-state index in [2.05, 4.69) is 24.5 Å². The summed E-state index contributed by atoms with van der Waals surface area (Å²) in [6, 6.07) is 21.0. The van der Waals surface area contributed by atoms with E-state index in [0.29, 0.717) is 23.8 Å². The SMILES string of the molecule is COc1ccc(CC(C)(C)NC(CO)c2cc(OCc3ccccc3)cc3c2OCC(=O)N3)cc1. The molecule has 0 saturated carbocycles. The summed E-state index contributed by atoms with van der Waals surface area (Å²) in [5.74, 6) is 1.72. The smallest absolute Gasteiger partial charge is 0.262 e. The van der Waals surface area contributed by atoms with Crippen molar-refractivity contribution >= 4 is 11.6 Å². The molecule has 35 heavy (non-hydrogen) atoms. The third-order valence-corrected chi connectivity index (χ3v) is 5.89. The number of carbonyl (C=O) groups excluding carboxylic acids is 1. The summed E-state index contributed by atoms with van der Waals surface area (Å²) in [5.41, 5.74) is 3.09. The van der Waals surface area contributed by atoms with E-state index in [0.717, 1.165) is 28.9 Å². The van der Waals surface area contributed by atoms with Crippen LogP contribution in [-0.4, -0.2) is 36.9 Å². The fraction of sp³-hybridized carbons (Fsp3) is 0.321. The molecule has 0 spiro atoms. The van der Waals surface area contributed by atoms with Gasteiger partial charge in [-0.25, -0.2) is 0 Å². The fourth-order valence-corrected chi connectivity index (χ4v) is 4.28. The molecule has 1 aliphatic heterocycles. The second-order valence-electron chi connectivity index (χ2n) is 9.29. The third kappa shape index (κ3) is 6.32. The zero-order chi connectivity index (χ0) is 24.8. The number of ether oxygens (including phenoxy) is 3. The first-order valence-electron chi connectivity index (χ1n) is 11.7. The van der Waals surface area contributed by atoms with Crippen molar-refractivity contribution in [2.75, 3.05) is 25.6 Å². The number of hydrogen-bond acceptors (Lipinski definition) is 6. The molecule has 0 bridgehead atoms.